The quantitative estimate of drug-likeness (QED) is 0.174. The van der Waals surface area contributed by atoms with Crippen LogP contribution in [0.25, 0.3) is 0 Å². The van der Waals surface area contributed by atoms with Crippen LogP contribution in [0.3, 0.4) is 0 Å². The van der Waals surface area contributed by atoms with Gasteiger partial charge in [-0.25, -0.2) is 0 Å². The first kappa shape index (κ1) is 22.2. The molecule has 9 N–H and O–H groups in total. The molecule has 0 saturated carbocycles. The van der Waals surface area contributed by atoms with Gasteiger partial charge in [-0.1, -0.05) is 0 Å². The summed E-state index contributed by atoms with van der Waals surface area (Å²) >= 11 is 0. The van der Waals surface area contributed by atoms with Crippen molar-refractivity contribution in [3.63, 3.8) is 0 Å². The molecule has 0 aliphatic heterocycles. The second kappa shape index (κ2) is 10.9. The van der Waals surface area contributed by atoms with E-state index < -0.39 is 74.0 Å². The van der Waals surface area contributed by atoms with Crippen LogP contribution in [0.15, 0.2) is 0 Å². The van der Waals surface area contributed by atoms with Crippen LogP contribution in [0, 0.1) is 0 Å². The van der Waals surface area contributed by atoms with Crippen molar-refractivity contribution in [2.45, 2.75) is 24.5 Å². The zero-order valence-electron chi connectivity index (χ0n) is 13.0. The third kappa shape index (κ3) is 8.59. The summed E-state index contributed by atoms with van der Waals surface area (Å²) in [4.78, 5) is 56.0. The van der Waals surface area contributed by atoms with Gasteiger partial charge in [-0.2, -0.15) is 0 Å². The Balaban J connectivity index is 4.74. The van der Waals surface area contributed by atoms with Crippen LogP contribution >= 0.6 is 0 Å². The van der Waals surface area contributed by atoms with E-state index in [9.17, 15) is 24.0 Å². The van der Waals surface area contributed by atoms with E-state index in [-0.39, 0.29) is 0 Å². The minimum atomic E-state index is -1.56. The largest absolute Gasteiger partial charge is 0.481 e. The highest BCUT2D eigenvalue weighted by Crippen LogP contribution is 1.93. The standard InChI is InChI=1S/C12H20N4O9/c13-5(1-8(19)20)10(23)15-7(4-18)12(25)16-6(3-17)11(24)14-2-9(21)22/h5-7,17-18H,1-4,13H2,(H,14,24)(H,15,23)(H,16,25)(H,19,20)(H,21,22)/t5-,6-,7-/m0/s1. The number of aliphatic carboxylic acids is 2. The number of hydrogen-bond donors (Lipinski definition) is 8. The highest BCUT2D eigenvalue weighted by atomic mass is 16.4. The molecule has 0 bridgehead atoms. The Kier molecular flexibility index (Phi) is 9.69. The molecule has 0 fully saturated rings. The summed E-state index contributed by atoms with van der Waals surface area (Å²) in [5, 5.41) is 41.1. The lowest BCUT2D eigenvalue weighted by Crippen LogP contribution is -2.58. The first-order valence-corrected chi connectivity index (χ1v) is 6.91. The van der Waals surface area contributed by atoms with Crippen molar-refractivity contribution in [2.75, 3.05) is 19.8 Å². The van der Waals surface area contributed by atoms with Gasteiger partial charge in [-0.05, 0) is 0 Å². The summed E-state index contributed by atoms with van der Waals surface area (Å²) in [6, 6.07) is -4.55. The van der Waals surface area contributed by atoms with Gasteiger partial charge in [0.15, 0.2) is 0 Å². The zero-order chi connectivity index (χ0) is 19.6. The summed E-state index contributed by atoms with van der Waals surface area (Å²) < 4.78 is 0. The van der Waals surface area contributed by atoms with Crippen LogP contribution in [-0.4, -0.2) is 88.0 Å². The van der Waals surface area contributed by atoms with Crippen LogP contribution in [0.4, 0.5) is 0 Å². The molecule has 0 spiro atoms. The van der Waals surface area contributed by atoms with Gasteiger partial charge in [-0.15, -0.1) is 0 Å². The van der Waals surface area contributed by atoms with Crippen LogP contribution in [0.5, 0.6) is 0 Å². The number of carbonyl (C=O) groups is 5. The Morgan fingerprint density at radius 2 is 1.28 bits per heavy atom. The Labute approximate surface area is 141 Å². The topological polar surface area (TPSA) is 228 Å². The minimum absolute atomic E-state index is 0.706. The van der Waals surface area contributed by atoms with Crippen molar-refractivity contribution in [3.8, 4) is 0 Å². The van der Waals surface area contributed by atoms with E-state index >= 15 is 0 Å². The molecule has 0 aromatic heterocycles. The molecular weight excluding hydrogens is 344 g/mol. The van der Waals surface area contributed by atoms with Crippen LogP contribution in [-0.2, 0) is 24.0 Å². The Hall–Kier alpha value is -2.77. The van der Waals surface area contributed by atoms with Gasteiger partial charge in [0, 0.05) is 0 Å². The lowest BCUT2D eigenvalue weighted by atomic mass is 10.1. The van der Waals surface area contributed by atoms with Crippen molar-refractivity contribution in [2.24, 2.45) is 5.73 Å². The number of aliphatic hydroxyl groups excluding tert-OH is 2. The van der Waals surface area contributed by atoms with Crippen LogP contribution < -0.4 is 21.7 Å². The molecule has 3 atom stereocenters. The molecule has 0 aromatic rings. The molecule has 0 rings (SSSR count). The number of carboxylic acid groups (broad SMARTS) is 2. The van der Waals surface area contributed by atoms with Crippen LogP contribution in [0.2, 0.25) is 0 Å². The predicted octanol–water partition coefficient (Wildman–Crippen LogP) is -5.06. The highest BCUT2D eigenvalue weighted by molar-refractivity contribution is 5.94. The molecule has 142 valence electrons. The lowest BCUT2D eigenvalue weighted by molar-refractivity contribution is -0.140. The maximum Gasteiger partial charge on any atom is 0.322 e. The number of carbonyl (C=O) groups excluding carboxylic acids is 3. The third-order valence-electron chi connectivity index (χ3n) is 2.78. The van der Waals surface area contributed by atoms with Gasteiger partial charge >= 0.3 is 11.9 Å². The smallest absolute Gasteiger partial charge is 0.322 e. The number of aliphatic hydroxyl groups is 2. The summed E-state index contributed by atoms with van der Waals surface area (Å²) in [6.07, 6.45) is -0.706. The van der Waals surface area contributed by atoms with Crippen molar-refractivity contribution in [1.82, 2.24) is 16.0 Å². The van der Waals surface area contributed by atoms with E-state index in [1.54, 1.807) is 0 Å². The molecule has 0 aromatic carbocycles. The highest BCUT2D eigenvalue weighted by Gasteiger charge is 2.28. The molecule has 13 heteroatoms. The average Bonchev–Trinajstić information content (AvgIpc) is 2.53. The van der Waals surface area contributed by atoms with E-state index in [1.807, 2.05) is 16.0 Å². The first-order chi connectivity index (χ1) is 11.6. The molecular formula is C12H20N4O9. The molecule has 0 unspecified atom stereocenters. The fourth-order valence-corrected chi connectivity index (χ4v) is 1.51. The van der Waals surface area contributed by atoms with Gasteiger partial charge in [-0.3, -0.25) is 24.0 Å². The van der Waals surface area contributed by atoms with Crippen LogP contribution in [0.1, 0.15) is 6.42 Å². The molecule has 25 heavy (non-hydrogen) atoms. The molecule has 0 heterocycles. The number of hydrogen-bond acceptors (Lipinski definition) is 8. The first-order valence-electron chi connectivity index (χ1n) is 6.91. The van der Waals surface area contributed by atoms with E-state index in [0.29, 0.717) is 0 Å². The van der Waals surface area contributed by atoms with Gasteiger partial charge in [0.2, 0.25) is 17.7 Å². The van der Waals surface area contributed by atoms with E-state index in [0.717, 1.165) is 0 Å². The Bertz CT molecular complexity index is 525. The minimum Gasteiger partial charge on any atom is -0.481 e. The molecule has 13 nitrogen and oxygen atoms in total. The lowest BCUT2D eigenvalue weighted by Gasteiger charge is -2.21. The SMILES string of the molecule is N[C@@H](CC(=O)O)C(=O)N[C@@H](CO)C(=O)N[C@@H](CO)C(=O)NCC(=O)O. The number of nitrogens with one attached hydrogen (secondary N) is 3. The summed E-state index contributed by atoms with van der Waals surface area (Å²) in [6.45, 7) is -2.51. The zero-order valence-corrected chi connectivity index (χ0v) is 13.0. The maximum absolute atomic E-state index is 11.9. The van der Waals surface area contributed by atoms with Gasteiger partial charge in [0.05, 0.1) is 25.7 Å². The van der Waals surface area contributed by atoms with Gasteiger partial charge in [0.1, 0.15) is 18.6 Å². The maximum atomic E-state index is 11.9. The number of amides is 3. The summed E-state index contributed by atoms with van der Waals surface area (Å²) in [5.41, 5.74) is 5.30. The Morgan fingerprint density at radius 1 is 0.800 bits per heavy atom. The van der Waals surface area contributed by atoms with Crippen molar-refractivity contribution in [1.29, 1.82) is 0 Å². The fourth-order valence-electron chi connectivity index (χ4n) is 1.51. The molecule has 0 aliphatic carbocycles. The van der Waals surface area contributed by atoms with Gasteiger partial charge < -0.3 is 42.1 Å². The Morgan fingerprint density at radius 3 is 1.72 bits per heavy atom. The average molecular weight is 364 g/mol. The van der Waals surface area contributed by atoms with E-state index in [1.165, 1.54) is 0 Å². The molecule has 0 saturated heterocycles. The van der Waals surface area contributed by atoms with Crippen molar-refractivity contribution in [3.05, 3.63) is 0 Å². The molecule has 3 amide bonds. The molecule has 0 aliphatic rings. The fraction of sp³-hybridized carbons (Fsp3) is 0.583. The number of carboxylic acids is 2. The second-order valence-corrected chi connectivity index (χ2v) is 4.80. The van der Waals surface area contributed by atoms with Gasteiger partial charge in [0.25, 0.3) is 0 Å². The second-order valence-electron chi connectivity index (χ2n) is 4.80. The van der Waals surface area contributed by atoms with Crippen molar-refractivity contribution >= 4 is 29.7 Å². The van der Waals surface area contributed by atoms with E-state index in [4.69, 9.17) is 26.2 Å². The predicted molar refractivity (Wildman–Crippen MR) is 78.9 cm³/mol. The summed E-state index contributed by atoms with van der Waals surface area (Å²) in [5.74, 6) is -5.77. The normalized spacial score (nSPS) is 13.9. The monoisotopic (exact) mass is 364 g/mol. The number of nitrogens with two attached hydrogens (primary N) is 1. The van der Waals surface area contributed by atoms with Crippen molar-refractivity contribution < 1.29 is 44.4 Å². The third-order valence-corrected chi connectivity index (χ3v) is 2.78. The van der Waals surface area contributed by atoms with E-state index in [2.05, 4.69) is 0 Å². The number of rotatable bonds is 11. The summed E-state index contributed by atoms with van der Waals surface area (Å²) in [7, 11) is 0. The molecule has 0 radical (unpaired) electrons.